The quantitative estimate of drug-likeness (QED) is 0.898. The van der Waals surface area contributed by atoms with Crippen molar-refractivity contribution in [1.29, 1.82) is 0 Å². The first kappa shape index (κ1) is 13.2. The van der Waals surface area contributed by atoms with Gasteiger partial charge in [0.15, 0.2) is 0 Å². The van der Waals surface area contributed by atoms with Crippen LogP contribution in [0, 0.1) is 0 Å². The maximum absolute atomic E-state index is 4.32. The molecule has 1 aliphatic heterocycles. The Labute approximate surface area is 120 Å². The second kappa shape index (κ2) is 6.09. The van der Waals surface area contributed by atoms with Crippen molar-refractivity contribution in [3.63, 3.8) is 0 Å². The first-order valence-electron chi connectivity index (χ1n) is 7.38. The van der Waals surface area contributed by atoms with Gasteiger partial charge in [0, 0.05) is 37.2 Å². The summed E-state index contributed by atoms with van der Waals surface area (Å²) in [6, 6.07) is 11.5. The molecule has 3 rings (SSSR count). The van der Waals surface area contributed by atoms with Crippen molar-refractivity contribution in [3.8, 4) is 0 Å². The van der Waals surface area contributed by atoms with Gasteiger partial charge in [0.05, 0.1) is 6.04 Å². The van der Waals surface area contributed by atoms with E-state index in [9.17, 15) is 0 Å². The maximum Gasteiger partial charge on any atom is 0.122 e. The number of rotatable bonds is 4. The topological polar surface area (TPSA) is 44.0 Å². The zero-order valence-electron chi connectivity index (χ0n) is 11.9. The summed E-state index contributed by atoms with van der Waals surface area (Å²) in [5.41, 5.74) is 1.34. The lowest BCUT2D eigenvalue weighted by atomic mass is 10.0. The highest BCUT2D eigenvalue weighted by atomic mass is 15.2. The second-order valence-corrected chi connectivity index (χ2v) is 5.46. The Kier molecular flexibility index (Phi) is 4.02. The molecule has 106 valence electrons. The van der Waals surface area contributed by atoms with Crippen LogP contribution in [0.2, 0.25) is 0 Å². The SMILES string of the molecule is CC(NC1CCN(c2ccccc2)CC1)c1ncc[nH]1. The van der Waals surface area contributed by atoms with Gasteiger partial charge >= 0.3 is 0 Å². The maximum atomic E-state index is 4.32. The highest BCUT2D eigenvalue weighted by Gasteiger charge is 2.21. The minimum absolute atomic E-state index is 0.290. The highest BCUT2D eigenvalue weighted by Crippen LogP contribution is 2.20. The zero-order chi connectivity index (χ0) is 13.8. The molecule has 1 aromatic carbocycles. The van der Waals surface area contributed by atoms with Crippen molar-refractivity contribution >= 4 is 5.69 Å². The average molecular weight is 270 g/mol. The molecular weight excluding hydrogens is 248 g/mol. The Morgan fingerprint density at radius 1 is 1.25 bits per heavy atom. The van der Waals surface area contributed by atoms with Crippen molar-refractivity contribution in [2.75, 3.05) is 18.0 Å². The number of aromatic nitrogens is 2. The standard InChI is InChI=1S/C16H22N4/c1-13(16-17-9-10-18-16)19-14-7-11-20(12-8-14)15-5-3-2-4-6-15/h2-6,9-10,13-14,19H,7-8,11-12H2,1H3,(H,17,18). The van der Waals surface area contributed by atoms with Gasteiger partial charge < -0.3 is 15.2 Å². The van der Waals surface area contributed by atoms with Crippen LogP contribution in [0.3, 0.4) is 0 Å². The third-order valence-electron chi connectivity index (χ3n) is 4.03. The van der Waals surface area contributed by atoms with E-state index < -0.39 is 0 Å². The Hall–Kier alpha value is -1.81. The molecule has 0 radical (unpaired) electrons. The summed E-state index contributed by atoms with van der Waals surface area (Å²) >= 11 is 0. The van der Waals surface area contributed by atoms with Crippen LogP contribution in [0.5, 0.6) is 0 Å². The minimum atomic E-state index is 0.290. The van der Waals surface area contributed by atoms with Gasteiger partial charge in [-0.3, -0.25) is 0 Å². The van der Waals surface area contributed by atoms with E-state index in [1.165, 1.54) is 18.5 Å². The smallest absolute Gasteiger partial charge is 0.122 e. The van der Waals surface area contributed by atoms with Gasteiger partial charge in [0.25, 0.3) is 0 Å². The summed E-state index contributed by atoms with van der Waals surface area (Å²) in [6.45, 7) is 4.40. The monoisotopic (exact) mass is 270 g/mol. The first-order valence-corrected chi connectivity index (χ1v) is 7.38. The van der Waals surface area contributed by atoms with Crippen LogP contribution in [-0.2, 0) is 0 Å². The number of imidazole rings is 1. The van der Waals surface area contributed by atoms with Gasteiger partial charge in [-0.05, 0) is 31.9 Å². The number of para-hydroxylation sites is 1. The van der Waals surface area contributed by atoms with Gasteiger partial charge in [0.1, 0.15) is 5.82 Å². The van der Waals surface area contributed by atoms with Crippen molar-refractivity contribution < 1.29 is 0 Å². The van der Waals surface area contributed by atoms with E-state index in [0.717, 1.165) is 18.9 Å². The summed E-state index contributed by atoms with van der Waals surface area (Å²) in [5.74, 6) is 1.02. The lowest BCUT2D eigenvalue weighted by Gasteiger charge is -2.35. The molecule has 0 aliphatic carbocycles. The number of hydrogen-bond acceptors (Lipinski definition) is 3. The van der Waals surface area contributed by atoms with Gasteiger partial charge in [-0.1, -0.05) is 18.2 Å². The number of benzene rings is 1. The Morgan fingerprint density at radius 2 is 2.00 bits per heavy atom. The normalized spacial score (nSPS) is 18.1. The molecule has 1 aromatic heterocycles. The van der Waals surface area contributed by atoms with Crippen molar-refractivity contribution in [3.05, 3.63) is 48.5 Å². The van der Waals surface area contributed by atoms with Gasteiger partial charge in [-0.25, -0.2) is 4.98 Å². The van der Waals surface area contributed by atoms with E-state index in [1.54, 1.807) is 0 Å². The molecule has 0 amide bonds. The van der Waals surface area contributed by atoms with Gasteiger partial charge in [0.2, 0.25) is 0 Å². The fraction of sp³-hybridized carbons (Fsp3) is 0.438. The van der Waals surface area contributed by atoms with E-state index in [2.05, 4.69) is 57.4 Å². The van der Waals surface area contributed by atoms with Crippen LogP contribution in [0.15, 0.2) is 42.7 Å². The summed E-state index contributed by atoms with van der Waals surface area (Å²) in [4.78, 5) is 9.96. The molecule has 1 fully saturated rings. The molecule has 4 nitrogen and oxygen atoms in total. The van der Waals surface area contributed by atoms with E-state index >= 15 is 0 Å². The van der Waals surface area contributed by atoms with Crippen LogP contribution in [0.25, 0.3) is 0 Å². The molecule has 2 N–H and O–H groups in total. The third kappa shape index (κ3) is 3.02. The van der Waals surface area contributed by atoms with Crippen LogP contribution in [0.1, 0.15) is 31.6 Å². The predicted octanol–water partition coefficient (Wildman–Crippen LogP) is 2.73. The molecular formula is C16H22N4. The third-order valence-corrected chi connectivity index (χ3v) is 4.03. The van der Waals surface area contributed by atoms with Crippen molar-refractivity contribution in [1.82, 2.24) is 15.3 Å². The van der Waals surface area contributed by atoms with Gasteiger partial charge in [-0.2, -0.15) is 0 Å². The number of hydrogen-bond donors (Lipinski definition) is 2. The second-order valence-electron chi connectivity index (χ2n) is 5.46. The summed E-state index contributed by atoms with van der Waals surface area (Å²) in [5, 5.41) is 3.67. The molecule has 0 spiro atoms. The van der Waals surface area contributed by atoms with E-state index in [1.807, 2.05) is 12.4 Å². The van der Waals surface area contributed by atoms with E-state index in [-0.39, 0.29) is 0 Å². The van der Waals surface area contributed by atoms with Crippen LogP contribution in [0.4, 0.5) is 5.69 Å². The summed E-state index contributed by atoms with van der Waals surface area (Å²) in [7, 11) is 0. The number of nitrogens with zero attached hydrogens (tertiary/aromatic N) is 2. The van der Waals surface area contributed by atoms with E-state index in [0.29, 0.717) is 12.1 Å². The highest BCUT2D eigenvalue weighted by molar-refractivity contribution is 5.46. The molecule has 2 aromatic rings. The lowest BCUT2D eigenvalue weighted by molar-refractivity contribution is 0.375. The molecule has 1 atom stereocenters. The lowest BCUT2D eigenvalue weighted by Crippen LogP contribution is -2.43. The molecule has 2 heterocycles. The largest absolute Gasteiger partial charge is 0.371 e. The van der Waals surface area contributed by atoms with Crippen molar-refractivity contribution in [2.24, 2.45) is 0 Å². The van der Waals surface area contributed by atoms with E-state index in [4.69, 9.17) is 0 Å². The number of aromatic amines is 1. The molecule has 0 saturated carbocycles. The molecule has 4 heteroatoms. The first-order chi connectivity index (χ1) is 9.83. The van der Waals surface area contributed by atoms with Crippen LogP contribution in [-0.4, -0.2) is 29.1 Å². The molecule has 0 bridgehead atoms. The number of anilines is 1. The van der Waals surface area contributed by atoms with Crippen LogP contribution < -0.4 is 10.2 Å². The minimum Gasteiger partial charge on any atom is -0.371 e. The summed E-state index contributed by atoms with van der Waals surface area (Å²) < 4.78 is 0. The molecule has 1 aliphatic rings. The number of nitrogens with one attached hydrogen (secondary N) is 2. The Balaban J connectivity index is 1.51. The molecule has 1 saturated heterocycles. The predicted molar refractivity (Wildman–Crippen MR) is 81.8 cm³/mol. The van der Waals surface area contributed by atoms with Crippen LogP contribution >= 0.6 is 0 Å². The molecule has 1 unspecified atom stereocenters. The number of H-pyrrole nitrogens is 1. The summed E-state index contributed by atoms with van der Waals surface area (Å²) in [6.07, 6.45) is 6.05. The molecule has 20 heavy (non-hydrogen) atoms. The Morgan fingerprint density at radius 3 is 2.65 bits per heavy atom. The zero-order valence-corrected chi connectivity index (χ0v) is 11.9. The Bertz CT molecular complexity index is 501. The average Bonchev–Trinajstić information content (AvgIpc) is 3.03. The van der Waals surface area contributed by atoms with Gasteiger partial charge in [-0.15, -0.1) is 0 Å². The number of piperidine rings is 1. The fourth-order valence-electron chi connectivity index (χ4n) is 2.89. The fourth-order valence-corrected chi connectivity index (χ4v) is 2.89. The van der Waals surface area contributed by atoms with Crippen molar-refractivity contribution in [2.45, 2.75) is 31.8 Å².